The lowest BCUT2D eigenvalue weighted by Gasteiger charge is -2.36. The number of allylic oxidation sites excluding steroid dienone is 2. The van der Waals surface area contributed by atoms with Gasteiger partial charge in [0, 0.05) is 0 Å². The Balaban J connectivity index is 1.88. The molecule has 0 spiro atoms. The molecule has 0 radical (unpaired) electrons. The molecular weight excluding hydrogens is 267 g/mol. The van der Waals surface area contributed by atoms with Gasteiger partial charge < -0.3 is 10.2 Å². The van der Waals surface area contributed by atoms with Crippen LogP contribution < -0.4 is 5.32 Å². The molecule has 2 fully saturated rings. The fourth-order valence-corrected chi connectivity index (χ4v) is 3.04. The van der Waals surface area contributed by atoms with Crippen LogP contribution in [0.15, 0.2) is 24.1 Å². The Bertz CT molecular complexity index is 519. The number of likely N-dealkylation sites (tertiary alicyclic amines) is 1. The molecule has 3 N–H and O–H groups in total. The van der Waals surface area contributed by atoms with Crippen molar-refractivity contribution in [2.45, 2.75) is 31.3 Å². The van der Waals surface area contributed by atoms with Crippen molar-refractivity contribution in [3.05, 3.63) is 24.1 Å². The van der Waals surface area contributed by atoms with Crippen molar-refractivity contribution >= 4 is 11.8 Å². The van der Waals surface area contributed by atoms with E-state index in [0.717, 1.165) is 4.90 Å². The minimum absolute atomic E-state index is 0.279. The summed E-state index contributed by atoms with van der Waals surface area (Å²) in [6.45, 7) is 0. The first-order chi connectivity index (χ1) is 9.50. The van der Waals surface area contributed by atoms with Crippen LogP contribution in [0.4, 0.5) is 4.39 Å². The Kier molecular flexibility index (Phi) is 3.19. The molecule has 7 heteroatoms. The van der Waals surface area contributed by atoms with Crippen LogP contribution in [0.25, 0.3) is 0 Å². The van der Waals surface area contributed by atoms with Crippen molar-refractivity contribution in [2.75, 3.05) is 0 Å². The number of halogens is 1. The first-order valence-corrected chi connectivity index (χ1v) is 6.53. The van der Waals surface area contributed by atoms with Gasteiger partial charge in [-0.3, -0.25) is 19.8 Å². The van der Waals surface area contributed by atoms with Gasteiger partial charge in [0.1, 0.15) is 24.2 Å². The number of fused-ring (bicyclic) bond motifs is 1. The molecule has 0 aromatic heterocycles. The van der Waals surface area contributed by atoms with Crippen LogP contribution in [0.2, 0.25) is 0 Å². The van der Waals surface area contributed by atoms with Gasteiger partial charge in [0.25, 0.3) is 0 Å². The lowest BCUT2D eigenvalue weighted by Crippen LogP contribution is -2.58. The Morgan fingerprint density at radius 3 is 2.65 bits per heavy atom. The molecule has 5 unspecified atom stereocenters. The molecule has 0 aromatic rings. The summed E-state index contributed by atoms with van der Waals surface area (Å²) >= 11 is 0. The smallest absolute Gasteiger partial charge is 0.240 e. The number of nitrogens with zero attached hydrogens (tertiary/aromatic N) is 1. The van der Waals surface area contributed by atoms with E-state index in [1.807, 2.05) is 0 Å². The quantitative estimate of drug-likeness (QED) is 0.559. The lowest BCUT2D eigenvalue weighted by molar-refractivity contribution is -0.149. The van der Waals surface area contributed by atoms with E-state index >= 15 is 0 Å². The Labute approximate surface area is 114 Å². The number of piperidine rings is 1. The molecule has 3 rings (SSSR count). The van der Waals surface area contributed by atoms with Crippen LogP contribution in [-0.2, 0) is 9.59 Å². The minimum atomic E-state index is -1.21. The van der Waals surface area contributed by atoms with Gasteiger partial charge in [-0.15, -0.1) is 0 Å². The zero-order valence-electron chi connectivity index (χ0n) is 10.6. The van der Waals surface area contributed by atoms with Gasteiger partial charge in [0.2, 0.25) is 11.8 Å². The summed E-state index contributed by atoms with van der Waals surface area (Å²) in [7, 11) is 0. The van der Waals surface area contributed by atoms with Crippen molar-refractivity contribution in [2.24, 2.45) is 11.8 Å². The SMILES string of the molecule is O=C1C2C=CC=C(F)C2C(=O)N1C1CCC(O)NC1O. The summed E-state index contributed by atoms with van der Waals surface area (Å²) in [6, 6.07) is -0.773. The van der Waals surface area contributed by atoms with E-state index in [1.54, 1.807) is 0 Å². The van der Waals surface area contributed by atoms with Gasteiger partial charge in [0.05, 0.1) is 12.0 Å². The maximum absolute atomic E-state index is 13.8. The molecular formula is C13H15FN2O4. The third kappa shape index (κ3) is 1.90. The van der Waals surface area contributed by atoms with E-state index in [0.29, 0.717) is 6.42 Å². The van der Waals surface area contributed by atoms with E-state index in [2.05, 4.69) is 5.32 Å². The molecule has 1 aliphatic carbocycles. The highest BCUT2D eigenvalue weighted by molar-refractivity contribution is 6.07. The number of carbonyl (C=O) groups excluding carboxylic acids is 2. The number of aliphatic hydroxyl groups is 2. The highest BCUT2D eigenvalue weighted by Crippen LogP contribution is 2.38. The second-order valence-corrected chi connectivity index (χ2v) is 5.26. The zero-order chi connectivity index (χ0) is 14.4. The van der Waals surface area contributed by atoms with Crippen LogP contribution in [0.1, 0.15) is 12.8 Å². The van der Waals surface area contributed by atoms with Gasteiger partial charge in [-0.1, -0.05) is 12.2 Å². The van der Waals surface area contributed by atoms with Gasteiger partial charge in [-0.2, -0.15) is 0 Å². The highest BCUT2D eigenvalue weighted by Gasteiger charge is 2.53. The molecule has 6 nitrogen and oxygen atoms in total. The number of amides is 2. The number of hydrogen-bond donors (Lipinski definition) is 3. The van der Waals surface area contributed by atoms with Gasteiger partial charge in [-0.05, 0) is 18.9 Å². The molecule has 0 saturated carbocycles. The fraction of sp³-hybridized carbons (Fsp3) is 0.538. The first kappa shape index (κ1) is 13.4. The number of carbonyl (C=O) groups is 2. The van der Waals surface area contributed by atoms with E-state index in [1.165, 1.54) is 18.2 Å². The Morgan fingerprint density at radius 1 is 1.25 bits per heavy atom. The van der Waals surface area contributed by atoms with Crippen molar-refractivity contribution in [1.82, 2.24) is 10.2 Å². The lowest BCUT2D eigenvalue weighted by atomic mass is 9.90. The molecule has 5 atom stereocenters. The van der Waals surface area contributed by atoms with Crippen LogP contribution in [0, 0.1) is 11.8 Å². The third-order valence-electron chi connectivity index (χ3n) is 4.05. The molecule has 20 heavy (non-hydrogen) atoms. The number of aliphatic hydroxyl groups excluding tert-OH is 2. The van der Waals surface area contributed by atoms with Gasteiger partial charge in [0.15, 0.2) is 0 Å². The second-order valence-electron chi connectivity index (χ2n) is 5.26. The number of nitrogens with one attached hydrogen (secondary N) is 1. The highest BCUT2D eigenvalue weighted by atomic mass is 19.1. The summed E-state index contributed by atoms with van der Waals surface area (Å²) in [4.78, 5) is 25.5. The first-order valence-electron chi connectivity index (χ1n) is 6.53. The summed E-state index contributed by atoms with van der Waals surface area (Å²) < 4.78 is 13.8. The normalized spacial score (nSPS) is 40.9. The van der Waals surface area contributed by atoms with Crippen LogP contribution in [0.3, 0.4) is 0 Å². The average molecular weight is 282 g/mol. The van der Waals surface area contributed by atoms with E-state index in [4.69, 9.17) is 0 Å². The molecule has 0 bridgehead atoms. The predicted molar refractivity (Wildman–Crippen MR) is 65.3 cm³/mol. The van der Waals surface area contributed by atoms with E-state index in [-0.39, 0.29) is 6.42 Å². The standard InChI is InChI=1S/C13H15FN2O4/c14-7-3-1-2-6-10(7)13(20)16(12(6)19)8-4-5-9(17)15-11(8)18/h1-3,6,8-11,15,17-18H,4-5H2. The third-order valence-corrected chi connectivity index (χ3v) is 4.05. The van der Waals surface area contributed by atoms with E-state index < -0.39 is 48.0 Å². The van der Waals surface area contributed by atoms with Crippen LogP contribution >= 0.6 is 0 Å². The maximum atomic E-state index is 13.8. The number of imide groups is 1. The summed E-state index contributed by atoms with van der Waals surface area (Å²) in [6.07, 6.45) is 2.62. The molecule has 2 amide bonds. The van der Waals surface area contributed by atoms with Crippen molar-refractivity contribution in [3.8, 4) is 0 Å². The monoisotopic (exact) mass is 282 g/mol. The predicted octanol–water partition coefficient (Wildman–Crippen LogP) is -0.600. The largest absolute Gasteiger partial charge is 0.379 e. The molecule has 2 aliphatic heterocycles. The average Bonchev–Trinajstić information content (AvgIpc) is 2.64. The van der Waals surface area contributed by atoms with E-state index in [9.17, 15) is 24.2 Å². The topological polar surface area (TPSA) is 89.9 Å². The number of hydrogen-bond acceptors (Lipinski definition) is 5. The van der Waals surface area contributed by atoms with Crippen LogP contribution in [0.5, 0.6) is 0 Å². The molecule has 3 aliphatic rings. The molecule has 108 valence electrons. The molecule has 0 aromatic carbocycles. The van der Waals surface area contributed by atoms with Crippen molar-refractivity contribution in [3.63, 3.8) is 0 Å². The second kappa shape index (κ2) is 4.76. The van der Waals surface area contributed by atoms with Gasteiger partial charge in [-0.25, -0.2) is 4.39 Å². The maximum Gasteiger partial charge on any atom is 0.240 e. The van der Waals surface area contributed by atoms with Gasteiger partial charge >= 0.3 is 0 Å². The van der Waals surface area contributed by atoms with Crippen molar-refractivity contribution < 1.29 is 24.2 Å². The fourth-order valence-electron chi connectivity index (χ4n) is 3.04. The minimum Gasteiger partial charge on any atom is -0.379 e. The summed E-state index contributed by atoms with van der Waals surface area (Å²) in [5.41, 5.74) is 0. The van der Waals surface area contributed by atoms with Crippen molar-refractivity contribution in [1.29, 1.82) is 0 Å². The Morgan fingerprint density at radius 2 is 2.00 bits per heavy atom. The number of rotatable bonds is 1. The Hall–Kier alpha value is -1.57. The molecule has 2 heterocycles. The summed E-state index contributed by atoms with van der Waals surface area (Å²) in [5, 5.41) is 21.8. The molecule has 2 saturated heterocycles. The zero-order valence-corrected chi connectivity index (χ0v) is 10.6. The summed E-state index contributed by atoms with van der Waals surface area (Å²) in [5.74, 6) is -3.68. The van der Waals surface area contributed by atoms with Crippen LogP contribution in [-0.4, -0.2) is 45.4 Å².